The molecule has 2 aromatic rings. The molecule has 4 nitrogen and oxygen atoms in total. The zero-order valence-electron chi connectivity index (χ0n) is 10.7. The molecule has 20 heavy (non-hydrogen) atoms. The van der Waals surface area contributed by atoms with Crippen molar-refractivity contribution >= 4 is 27.3 Å². The van der Waals surface area contributed by atoms with E-state index in [1.165, 1.54) is 18.2 Å². The normalized spacial score (nSPS) is 10.3. The number of halogens is 2. The maximum Gasteiger partial charge on any atom is 0.274 e. The lowest BCUT2D eigenvalue weighted by Crippen LogP contribution is -2.04. The molecule has 1 N–H and O–H groups in total. The van der Waals surface area contributed by atoms with Crippen molar-refractivity contribution < 1.29 is 9.31 Å². The summed E-state index contributed by atoms with van der Waals surface area (Å²) >= 11 is 3.29. The first kappa shape index (κ1) is 14.5. The fourth-order valence-electron chi connectivity index (χ4n) is 1.85. The highest BCUT2D eigenvalue weighted by atomic mass is 79.9. The van der Waals surface area contributed by atoms with E-state index in [4.69, 9.17) is 0 Å². The number of nitro benzene ring substituents is 1. The lowest BCUT2D eigenvalue weighted by Gasteiger charge is -2.10. The molecular formula is C14H12BrFN2O2. The maximum atomic E-state index is 13.2. The van der Waals surface area contributed by atoms with Gasteiger partial charge in [-0.05, 0) is 36.8 Å². The molecule has 0 aliphatic rings. The van der Waals surface area contributed by atoms with E-state index in [1.807, 2.05) is 6.92 Å². The largest absolute Gasteiger partial charge is 0.380 e. The standard InChI is InChI=1S/C14H12BrFN2O2/c1-9-2-4-12(16)7-13(9)17-8-10-6-11(15)3-5-14(10)18(19)20/h2-7,17H,8H2,1H3. The molecule has 6 heteroatoms. The molecule has 0 fully saturated rings. The van der Waals surface area contributed by atoms with E-state index in [1.54, 1.807) is 18.2 Å². The summed E-state index contributed by atoms with van der Waals surface area (Å²) in [5.74, 6) is -0.346. The van der Waals surface area contributed by atoms with Crippen LogP contribution in [0.4, 0.5) is 15.8 Å². The third-order valence-corrected chi connectivity index (χ3v) is 3.40. The van der Waals surface area contributed by atoms with Gasteiger partial charge in [0, 0.05) is 28.3 Å². The van der Waals surface area contributed by atoms with Gasteiger partial charge in [-0.2, -0.15) is 0 Å². The number of anilines is 1. The van der Waals surface area contributed by atoms with Crippen LogP contribution in [0.15, 0.2) is 40.9 Å². The number of hydrogen-bond donors (Lipinski definition) is 1. The monoisotopic (exact) mass is 338 g/mol. The number of nitrogens with zero attached hydrogens (tertiary/aromatic N) is 1. The van der Waals surface area contributed by atoms with Gasteiger partial charge in [0.1, 0.15) is 5.82 Å². The molecule has 0 unspecified atom stereocenters. The van der Waals surface area contributed by atoms with Crippen molar-refractivity contribution in [2.24, 2.45) is 0 Å². The predicted octanol–water partition coefficient (Wildman–Crippen LogP) is 4.42. The molecule has 2 rings (SSSR count). The fourth-order valence-corrected chi connectivity index (χ4v) is 2.26. The van der Waals surface area contributed by atoms with Crippen LogP contribution in [0.3, 0.4) is 0 Å². The molecule has 0 heterocycles. The fraction of sp³-hybridized carbons (Fsp3) is 0.143. The zero-order chi connectivity index (χ0) is 14.7. The minimum atomic E-state index is -0.429. The second-order valence-electron chi connectivity index (χ2n) is 4.34. The SMILES string of the molecule is Cc1ccc(F)cc1NCc1cc(Br)ccc1[N+](=O)[O-]. The Morgan fingerprint density at radius 1 is 1.30 bits per heavy atom. The van der Waals surface area contributed by atoms with E-state index in [9.17, 15) is 14.5 Å². The summed E-state index contributed by atoms with van der Waals surface area (Å²) in [7, 11) is 0. The van der Waals surface area contributed by atoms with Crippen LogP contribution in [-0.2, 0) is 6.54 Å². The summed E-state index contributed by atoms with van der Waals surface area (Å²) in [5, 5.41) is 14.0. The van der Waals surface area contributed by atoms with E-state index in [0.717, 1.165) is 10.0 Å². The van der Waals surface area contributed by atoms with Crippen molar-refractivity contribution in [3.05, 3.63) is 67.9 Å². The molecule has 0 saturated heterocycles. The van der Waals surface area contributed by atoms with Crippen molar-refractivity contribution in [3.63, 3.8) is 0 Å². The third-order valence-electron chi connectivity index (χ3n) is 2.91. The summed E-state index contributed by atoms with van der Waals surface area (Å²) in [6.07, 6.45) is 0. The maximum absolute atomic E-state index is 13.2. The quantitative estimate of drug-likeness (QED) is 0.663. The van der Waals surface area contributed by atoms with Gasteiger partial charge >= 0.3 is 0 Å². The molecule has 104 valence electrons. The van der Waals surface area contributed by atoms with Gasteiger partial charge in [-0.25, -0.2) is 4.39 Å². The summed E-state index contributed by atoms with van der Waals surface area (Å²) in [6, 6.07) is 9.16. The Morgan fingerprint density at radius 3 is 2.75 bits per heavy atom. The van der Waals surface area contributed by atoms with Crippen LogP contribution in [0.5, 0.6) is 0 Å². The molecule has 0 bridgehead atoms. The van der Waals surface area contributed by atoms with Gasteiger partial charge in [0.25, 0.3) is 5.69 Å². The van der Waals surface area contributed by atoms with Gasteiger partial charge in [0.05, 0.1) is 4.92 Å². The molecule has 0 aliphatic carbocycles. The van der Waals surface area contributed by atoms with Crippen molar-refractivity contribution in [1.82, 2.24) is 0 Å². The van der Waals surface area contributed by atoms with E-state index in [0.29, 0.717) is 11.3 Å². The van der Waals surface area contributed by atoms with Gasteiger partial charge in [-0.3, -0.25) is 10.1 Å². The van der Waals surface area contributed by atoms with Crippen molar-refractivity contribution in [2.45, 2.75) is 13.5 Å². The molecule has 2 aromatic carbocycles. The number of aryl methyl sites for hydroxylation is 1. The lowest BCUT2D eigenvalue weighted by molar-refractivity contribution is -0.385. The molecule has 0 atom stereocenters. The molecule has 0 aliphatic heterocycles. The Kier molecular flexibility index (Phi) is 4.34. The summed E-state index contributed by atoms with van der Waals surface area (Å²) in [5.41, 5.74) is 2.08. The van der Waals surface area contributed by atoms with Crippen LogP contribution in [0.1, 0.15) is 11.1 Å². The molecule has 0 radical (unpaired) electrons. The number of nitrogens with one attached hydrogen (secondary N) is 1. The van der Waals surface area contributed by atoms with Crippen molar-refractivity contribution in [2.75, 3.05) is 5.32 Å². The highest BCUT2D eigenvalue weighted by Gasteiger charge is 2.13. The van der Waals surface area contributed by atoms with E-state index >= 15 is 0 Å². The van der Waals surface area contributed by atoms with Crippen LogP contribution in [-0.4, -0.2) is 4.92 Å². The average molecular weight is 339 g/mol. The first-order chi connectivity index (χ1) is 9.47. The molecular weight excluding hydrogens is 327 g/mol. The predicted molar refractivity (Wildman–Crippen MR) is 79.3 cm³/mol. The van der Waals surface area contributed by atoms with Gasteiger partial charge in [0.2, 0.25) is 0 Å². The zero-order valence-corrected chi connectivity index (χ0v) is 12.3. The first-order valence-electron chi connectivity index (χ1n) is 5.90. The second-order valence-corrected chi connectivity index (χ2v) is 5.26. The number of rotatable bonds is 4. The Bertz CT molecular complexity index is 662. The Hall–Kier alpha value is -1.95. The summed E-state index contributed by atoms with van der Waals surface area (Å²) < 4.78 is 13.9. The topological polar surface area (TPSA) is 55.2 Å². The van der Waals surface area contributed by atoms with E-state index in [2.05, 4.69) is 21.2 Å². The van der Waals surface area contributed by atoms with Crippen LogP contribution >= 0.6 is 15.9 Å². The first-order valence-corrected chi connectivity index (χ1v) is 6.69. The minimum Gasteiger partial charge on any atom is -0.380 e. The van der Waals surface area contributed by atoms with Crippen molar-refractivity contribution in [1.29, 1.82) is 0 Å². The number of nitro groups is 1. The molecule has 0 amide bonds. The van der Waals surface area contributed by atoms with Crippen LogP contribution in [0.25, 0.3) is 0 Å². The molecule has 0 saturated carbocycles. The number of hydrogen-bond acceptors (Lipinski definition) is 3. The Balaban J connectivity index is 2.24. The summed E-state index contributed by atoms with van der Waals surface area (Å²) in [4.78, 5) is 10.5. The van der Waals surface area contributed by atoms with Gasteiger partial charge in [-0.1, -0.05) is 22.0 Å². The Labute approximate surface area is 123 Å². The highest BCUT2D eigenvalue weighted by molar-refractivity contribution is 9.10. The van der Waals surface area contributed by atoms with Crippen molar-refractivity contribution in [3.8, 4) is 0 Å². The van der Waals surface area contributed by atoms with Gasteiger partial charge in [-0.15, -0.1) is 0 Å². The average Bonchev–Trinajstić information content (AvgIpc) is 2.39. The van der Waals surface area contributed by atoms with E-state index < -0.39 is 4.92 Å². The van der Waals surface area contributed by atoms with Crippen LogP contribution < -0.4 is 5.32 Å². The Morgan fingerprint density at radius 2 is 2.05 bits per heavy atom. The van der Waals surface area contributed by atoms with Gasteiger partial charge < -0.3 is 5.32 Å². The van der Waals surface area contributed by atoms with Crippen LogP contribution in [0, 0.1) is 22.9 Å². The minimum absolute atomic E-state index is 0.0368. The number of benzene rings is 2. The van der Waals surface area contributed by atoms with Gasteiger partial charge in [0.15, 0.2) is 0 Å². The molecule has 0 spiro atoms. The van der Waals surface area contributed by atoms with Crippen LogP contribution in [0.2, 0.25) is 0 Å². The second kappa shape index (κ2) is 6.00. The third kappa shape index (κ3) is 3.33. The summed E-state index contributed by atoms with van der Waals surface area (Å²) in [6.45, 7) is 2.09. The molecule has 0 aromatic heterocycles. The highest BCUT2D eigenvalue weighted by Crippen LogP contribution is 2.25. The van der Waals surface area contributed by atoms with E-state index in [-0.39, 0.29) is 18.0 Å². The smallest absolute Gasteiger partial charge is 0.274 e. The lowest BCUT2D eigenvalue weighted by atomic mass is 10.1.